The maximum atomic E-state index is 13.3. The lowest BCUT2D eigenvalue weighted by Crippen LogP contribution is -2.32. The molecule has 0 spiro atoms. The molecule has 162 valence electrons. The number of halogens is 4. The highest BCUT2D eigenvalue weighted by Gasteiger charge is 2.34. The van der Waals surface area contributed by atoms with E-state index in [1.165, 1.54) is 30.4 Å². The van der Waals surface area contributed by atoms with Crippen molar-refractivity contribution in [2.75, 3.05) is 10.1 Å². The molecular formula is C20H19F3INO3S2. The van der Waals surface area contributed by atoms with Crippen molar-refractivity contribution in [2.45, 2.75) is 32.7 Å². The number of nitrogens with zero attached hydrogens (tertiary/aromatic N) is 1. The molecule has 0 amide bonds. The Labute approximate surface area is 190 Å². The van der Waals surface area contributed by atoms with Crippen molar-refractivity contribution in [2.24, 2.45) is 0 Å². The Morgan fingerprint density at radius 1 is 1.20 bits per heavy atom. The predicted molar refractivity (Wildman–Crippen MR) is 122 cm³/mol. The van der Waals surface area contributed by atoms with E-state index in [4.69, 9.17) is 0 Å². The van der Waals surface area contributed by atoms with Gasteiger partial charge < -0.3 is 5.11 Å². The molecule has 3 aromatic rings. The molecule has 0 saturated heterocycles. The molecule has 0 aliphatic heterocycles. The molecule has 0 bridgehead atoms. The lowest BCUT2D eigenvalue weighted by molar-refractivity contribution is -0.138. The van der Waals surface area contributed by atoms with Crippen LogP contribution in [0.5, 0.6) is 0 Å². The minimum absolute atomic E-state index is 0.0419. The summed E-state index contributed by atoms with van der Waals surface area (Å²) in [4.78, 5) is 0. The molecule has 1 heterocycles. The van der Waals surface area contributed by atoms with E-state index in [1.807, 2.05) is 12.1 Å². The minimum atomic E-state index is -4.54. The van der Waals surface area contributed by atoms with Gasteiger partial charge in [-0.3, -0.25) is 4.31 Å². The topological polar surface area (TPSA) is 57.6 Å². The van der Waals surface area contributed by atoms with Gasteiger partial charge in [0.25, 0.3) is 0 Å². The number of aliphatic hydroxyl groups is 1. The van der Waals surface area contributed by atoms with Crippen molar-refractivity contribution in [3.05, 3.63) is 62.7 Å². The molecule has 10 heteroatoms. The largest absolute Gasteiger partial charge is 0.417 e. The number of anilines is 1. The summed E-state index contributed by atoms with van der Waals surface area (Å²) >= 11 is 2.81. The van der Waals surface area contributed by atoms with Gasteiger partial charge in [-0.2, -0.15) is 13.2 Å². The fourth-order valence-electron chi connectivity index (χ4n) is 3.15. The first-order chi connectivity index (χ1) is 14.0. The van der Waals surface area contributed by atoms with Crippen molar-refractivity contribution >= 4 is 59.0 Å². The van der Waals surface area contributed by atoms with Crippen molar-refractivity contribution in [3.8, 4) is 0 Å². The summed E-state index contributed by atoms with van der Waals surface area (Å²) < 4.78 is 67.8. The van der Waals surface area contributed by atoms with E-state index in [1.54, 1.807) is 41.6 Å². The van der Waals surface area contributed by atoms with Gasteiger partial charge >= 0.3 is 6.18 Å². The van der Waals surface area contributed by atoms with Gasteiger partial charge in [0.2, 0.25) is 10.0 Å². The third-order valence-corrected chi connectivity index (χ3v) is 8.60. The second-order valence-corrected chi connectivity index (χ2v) is 11.1. The molecule has 0 saturated carbocycles. The van der Waals surface area contributed by atoms with Crippen LogP contribution in [0.4, 0.5) is 18.2 Å². The molecule has 2 aromatic carbocycles. The van der Waals surface area contributed by atoms with E-state index < -0.39 is 27.9 Å². The van der Waals surface area contributed by atoms with Gasteiger partial charge in [0, 0.05) is 19.2 Å². The number of alkyl halides is 3. The Morgan fingerprint density at radius 2 is 1.87 bits per heavy atom. The van der Waals surface area contributed by atoms with Gasteiger partial charge in [-0.15, -0.1) is 11.3 Å². The van der Waals surface area contributed by atoms with Crippen molar-refractivity contribution in [1.29, 1.82) is 0 Å². The van der Waals surface area contributed by atoms with Crippen LogP contribution in [0.15, 0.2) is 42.5 Å². The fourth-order valence-corrected chi connectivity index (χ4v) is 6.45. The van der Waals surface area contributed by atoms with E-state index in [0.29, 0.717) is 10.6 Å². The molecule has 0 aliphatic carbocycles. The lowest BCUT2D eigenvalue weighted by atomic mass is 10.1. The normalized spacial score (nSPS) is 13.6. The van der Waals surface area contributed by atoms with E-state index in [0.717, 1.165) is 20.5 Å². The van der Waals surface area contributed by atoms with E-state index >= 15 is 0 Å². The summed E-state index contributed by atoms with van der Waals surface area (Å²) in [6, 6.07) is 11.0. The SMILES string of the molecule is CCS(=O)(=O)N(Cc1ccc(I)c(C(F)(F)F)c1)c1sc2ccccc2c1C(C)O. The van der Waals surface area contributed by atoms with E-state index in [-0.39, 0.29) is 21.4 Å². The molecule has 30 heavy (non-hydrogen) atoms. The third kappa shape index (κ3) is 4.61. The average molecular weight is 569 g/mol. The van der Waals surface area contributed by atoms with Crippen molar-refractivity contribution < 1.29 is 26.7 Å². The predicted octanol–water partition coefficient (Wildman–Crippen LogP) is 5.93. The summed E-state index contributed by atoms with van der Waals surface area (Å²) in [5.41, 5.74) is -0.135. The molecule has 3 rings (SSSR count). The Bertz CT molecular complexity index is 1170. The summed E-state index contributed by atoms with van der Waals surface area (Å²) in [5.74, 6) is -0.225. The highest BCUT2D eigenvalue weighted by atomic mass is 127. The third-order valence-electron chi connectivity index (χ3n) is 4.62. The van der Waals surface area contributed by atoms with Crippen LogP contribution < -0.4 is 4.31 Å². The first-order valence-electron chi connectivity index (χ1n) is 9.01. The first-order valence-corrected chi connectivity index (χ1v) is 12.5. The van der Waals surface area contributed by atoms with Gasteiger partial charge in [-0.25, -0.2) is 8.42 Å². The van der Waals surface area contributed by atoms with Gasteiger partial charge in [0.05, 0.1) is 24.0 Å². The summed E-state index contributed by atoms with van der Waals surface area (Å²) in [6.45, 7) is 2.76. The standard InChI is InChI=1S/C20H19F3INO3S2/c1-3-30(27,28)25(11-13-8-9-16(24)15(10-13)20(21,22)23)19-18(12(2)26)14-6-4-5-7-17(14)29-19/h4-10,12,26H,3,11H2,1-2H3. The van der Waals surface area contributed by atoms with Gasteiger partial charge in [0.15, 0.2) is 0 Å². The Morgan fingerprint density at radius 3 is 2.47 bits per heavy atom. The van der Waals surface area contributed by atoms with Crippen molar-refractivity contribution in [1.82, 2.24) is 0 Å². The zero-order chi connectivity index (χ0) is 22.3. The molecule has 1 N–H and O–H groups in total. The summed E-state index contributed by atoms with van der Waals surface area (Å²) in [7, 11) is -3.82. The van der Waals surface area contributed by atoms with Crippen LogP contribution in [0.2, 0.25) is 0 Å². The first kappa shape index (κ1) is 23.3. The number of hydrogen-bond acceptors (Lipinski definition) is 4. The molecule has 0 aliphatic rings. The van der Waals surface area contributed by atoms with Crippen LogP contribution in [-0.2, 0) is 22.7 Å². The molecule has 4 nitrogen and oxygen atoms in total. The molecule has 1 unspecified atom stereocenters. The Hall–Kier alpha value is -1.37. The van der Waals surface area contributed by atoms with Crippen LogP contribution in [0.25, 0.3) is 10.1 Å². The molecule has 0 radical (unpaired) electrons. The number of fused-ring (bicyclic) bond motifs is 1. The van der Waals surface area contributed by atoms with E-state index in [2.05, 4.69) is 0 Å². The number of sulfonamides is 1. The second kappa shape index (κ2) is 8.64. The van der Waals surface area contributed by atoms with E-state index in [9.17, 15) is 26.7 Å². The monoisotopic (exact) mass is 569 g/mol. The maximum Gasteiger partial charge on any atom is 0.417 e. The minimum Gasteiger partial charge on any atom is -0.389 e. The smallest absolute Gasteiger partial charge is 0.389 e. The lowest BCUT2D eigenvalue weighted by Gasteiger charge is -2.25. The zero-order valence-corrected chi connectivity index (χ0v) is 19.9. The van der Waals surface area contributed by atoms with Crippen LogP contribution in [0.1, 0.15) is 36.6 Å². The number of rotatable bonds is 6. The second-order valence-electron chi connectivity index (χ2n) is 6.71. The molecular weight excluding hydrogens is 550 g/mol. The quantitative estimate of drug-likeness (QED) is 0.375. The molecule has 1 atom stereocenters. The van der Waals surface area contributed by atoms with Gasteiger partial charge in [-0.1, -0.05) is 24.3 Å². The maximum absolute atomic E-state index is 13.3. The number of aliphatic hydroxyl groups excluding tert-OH is 1. The van der Waals surface area contributed by atoms with Gasteiger partial charge in [0.1, 0.15) is 5.00 Å². The van der Waals surface area contributed by atoms with Crippen LogP contribution in [-0.4, -0.2) is 19.3 Å². The van der Waals surface area contributed by atoms with Crippen LogP contribution in [0, 0.1) is 3.57 Å². The van der Waals surface area contributed by atoms with Gasteiger partial charge in [-0.05, 0) is 60.2 Å². The number of thiophene rings is 1. The number of benzene rings is 2. The Balaban J connectivity index is 2.18. The highest BCUT2D eigenvalue weighted by Crippen LogP contribution is 2.43. The summed E-state index contributed by atoms with van der Waals surface area (Å²) in [6.07, 6.45) is -5.49. The van der Waals surface area contributed by atoms with Crippen LogP contribution >= 0.6 is 33.9 Å². The fraction of sp³-hybridized carbons (Fsp3) is 0.300. The van der Waals surface area contributed by atoms with Crippen molar-refractivity contribution in [3.63, 3.8) is 0 Å². The number of hydrogen-bond donors (Lipinski definition) is 1. The van der Waals surface area contributed by atoms with Crippen LogP contribution in [0.3, 0.4) is 0 Å². The molecule has 1 aromatic heterocycles. The highest BCUT2D eigenvalue weighted by molar-refractivity contribution is 14.1. The Kier molecular flexibility index (Phi) is 6.71. The summed E-state index contributed by atoms with van der Waals surface area (Å²) in [5, 5.41) is 11.4. The average Bonchev–Trinajstić information content (AvgIpc) is 3.05. The molecule has 0 fully saturated rings. The zero-order valence-electron chi connectivity index (χ0n) is 16.1.